The predicted molar refractivity (Wildman–Crippen MR) is 61.7 cm³/mol. The fraction of sp³-hybridized carbons (Fsp3) is 0.0909. The van der Waals surface area contributed by atoms with Crippen molar-refractivity contribution in [2.75, 3.05) is 5.32 Å². The van der Waals surface area contributed by atoms with E-state index >= 15 is 0 Å². The molecular formula is C11H6ClF4N3. The van der Waals surface area contributed by atoms with E-state index in [1.54, 1.807) is 0 Å². The van der Waals surface area contributed by atoms with Crippen molar-refractivity contribution in [3.63, 3.8) is 0 Å². The topological polar surface area (TPSA) is 37.8 Å². The van der Waals surface area contributed by atoms with Crippen LogP contribution in [0, 0.1) is 5.82 Å². The van der Waals surface area contributed by atoms with Crippen molar-refractivity contribution in [2.24, 2.45) is 0 Å². The van der Waals surface area contributed by atoms with Crippen LogP contribution in [0.3, 0.4) is 0 Å². The molecule has 0 radical (unpaired) electrons. The highest BCUT2D eigenvalue weighted by atomic mass is 35.5. The van der Waals surface area contributed by atoms with Crippen LogP contribution in [0.25, 0.3) is 0 Å². The van der Waals surface area contributed by atoms with E-state index in [4.69, 9.17) is 11.6 Å². The second-order valence-corrected chi connectivity index (χ2v) is 3.87. The fourth-order valence-electron chi connectivity index (χ4n) is 1.31. The first kappa shape index (κ1) is 13.5. The van der Waals surface area contributed by atoms with Crippen molar-refractivity contribution in [1.29, 1.82) is 0 Å². The summed E-state index contributed by atoms with van der Waals surface area (Å²) in [6.07, 6.45) is -3.55. The van der Waals surface area contributed by atoms with Gasteiger partial charge in [0.15, 0.2) is 11.6 Å². The average Bonchev–Trinajstić information content (AvgIpc) is 2.33. The van der Waals surface area contributed by atoms with E-state index < -0.39 is 17.6 Å². The Kier molecular flexibility index (Phi) is 3.57. The molecular weight excluding hydrogens is 286 g/mol. The average molecular weight is 292 g/mol. The third kappa shape index (κ3) is 3.31. The third-order valence-electron chi connectivity index (χ3n) is 2.19. The standard InChI is InChI=1S/C11H6ClF4N3/c12-10-17-5-8(13)9(19-10)18-7-3-1-6(2-4-7)11(14,15)16/h1-5H,(H,17,18,19). The lowest BCUT2D eigenvalue weighted by atomic mass is 10.2. The Morgan fingerprint density at radius 1 is 1.11 bits per heavy atom. The van der Waals surface area contributed by atoms with Gasteiger partial charge in [-0.1, -0.05) is 0 Å². The van der Waals surface area contributed by atoms with E-state index in [1.807, 2.05) is 0 Å². The number of halogens is 5. The van der Waals surface area contributed by atoms with Gasteiger partial charge in [0.25, 0.3) is 0 Å². The minimum Gasteiger partial charge on any atom is -0.338 e. The smallest absolute Gasteiger partial charge is 0.338 e. The normalized spacial score (nSPS) is 11.4. The second-order valence-electron chi connectivity index (χ2n) is 3.54. The van der Waals surface area contributed by atoms with Gasteiger partial charge < -0.3 is 5.32 Å². The van der Waals surface area contributed by atoms with Crippen LogP contribution >= 0.6 is 11.6 Å². The maximum Gasteiger partial charge on any atom is 0.416 e. The van der Waals surface area contributed by atoms with Crippen LogP contribution in [-0.4, -0.2) is 9.97 Å². The number of rotatable bonds is 2. The van der Waals surface area contributed by atoms with E-state index in [-0.39, 0.29) is 16.8 Å². The maximum absolute atomic E-state index is 13.3. The highest BCUT2D eigenvalue weighted by Gasteiger charge is 2.29. The van der Waals surface area contributed by atoms with Crippen LogP contribution in [0.15, 0.2) is 30.5 Å². The van der Waals surface area contributed by atoms with Gasteiger partial charge in [-0.05, 0) is 35.9 Å². The molecule has 2 rings (SSSR count). The molecule has 100 valence electrons. The predicted octanol–water partition coefficient (Wildman–Crippen LogP) is 4.03. The molecule has 19 heavy (non-hydrogen) atoms. The van der Waals surface area contributed by atoms with E-state index in [2.05, 4.69) is 15.3 Å². The SMILES string of the molecule is Fc1cnc(Cl)nc1Nc1ccc(C(F)(F)F)cc1. The fourth-order valence-corrected chi connectivity index (χ4v) is 1.45. The number of aromatic nitrogens is 2. The molecule has 8 heteroatoms. The van der Waals surface area contributed by atoms with Crippen LogP contribution < -0.4 is 5.32 Å². The first-order valence-corrected chi connectivity index (χ1v) is 5.36. The van der Waals surface area contributed by atoms with Crippen molar-refractivity contribution in [1.82, 2.24) is 9.97 Å². The molecule has 1 aromatic carbocycles. The Labute approximate surface area is 110 Å². The molecule has 3 nitrogen and oxygen atoms in total. The molecule has 0 unspecified atom stereocenters. The number of alkyl halides is 3. The number of anilines is 2. The van der Waals surface area contributed by atoms with Crippen molar-refractivity contribution in [2.45, 2.75) is 6.18 Å². The van der Waals surface area contributed by atoms with Gasteiger partial charge in [0.05, 0.1) is 11.8 Å². The van der Waals surface area contributed by atoms with Crippen molar-refractivity contribution < 1.29 is 17.6 Å². The lowest BCUT2D eigenvalue weighted by molar-refractivity contribution is -0.137. The van der Waals surface area contributed by atoms with E-state index in [0.717, 1.165) is 30.5 Å². The Morgan fingerprint density at radius 3 is 2.32 bits per heavy atom. The Hall–Kier alpha value is -1.89. The number of benzene rings is 1. The number of nitrogens with one attached hydrogen (secondary N) is 1. The summed E-state index contributed by atoms with van der Waals surface area (Å²) in [5, 5.41) is 2.34. The van der Waals surface area contributed by atoms with Gasteiger partial charge in [-0.25, -0.2) is 9.37 Å². The summed E-state index contributed by atoms with van der Waals surface area (Å²) in [4.78, 5) is 7.00. The third-order valence-corrected chi connectivity index (χ3v) is 2.37. The van der Waals surface area contributed by atoms with Gasteiger partial charge in [-0.3, -0.25) is 0 Å². The highest BCUT2D eigenvalue weighted by molar-refractivity contribution is 6.28. The van der Waals surface area contributed by atoms with Gasteiger partial charge in [0.1, 0.15) is 0 Å². The summed E-state index contributed by atoms with van der Waals surface area (Å²) < 4.78 is 50.3. The molecule has 0 atom stereocenters. The zero-order valence-electron chi connectivity index (χ0n) is 9.17. The first-order chi connectivity index (χ1) is 8.86. The molecule has 0 aliphatic rings. The largest absolute Gasteiger partial charge is 0.416 e. The van der Waals surface area contributed by atoms with Crippen LogP contribution in [0.2, 0.25) is 5.28 Å². The molecule has 0 amide bonds. The Balaban J connectivity index is 2.22. The van der Waals surface area contributed by atoms with Gasteiger partial charge in [0, 0.05) is 5.69 Å². The van der Waals surface area contributed by atoms with Crippen LogP contribution in [0.5, 0.6) is 0 Å². The molecule has 2 aromatic rings. The molecule has 0 saturated heterocycles. The first-order valence-electron chi connectivity index (χ1n) is 4.98. The van der Waals surface area contributed by atoms with Crippen LogP contribution in [-0.2, 0) is 6.18 Å². The quantitative estimate of drug-likeness (QED) is 0.670. The van der Waals surface area contributed by atoms with Gasteiger partial charge in [-0.2, -0.15) is 18.2 Å². The van der Waals surface area contributed by atoms with Crippen molar-refractivity contribution >= 4 is 23.1 Å². The molecule has 0 spiro atoms. The van der Waals surface area contributed by atoms with Crippen LogP contribution in [0.4, 0.5) is 29.1 Å². The molecule has 1 heterocycles. The van der Waals surface area contributed by atoms with Gasteiger partial charge >= 0.3 is 6.18 Å². The molecule has 0 saturated carbocycles. The summed E-state index contributed by atoms with van der Waals surface area (Å²) in [5.41, 5.74) is -0.541. The molecule has 0 bridgehead atoms. The van der Waals surface area contributed by atoms with E-state index in [1.165, 1.54) is 0 Å². The zero-order valence-corrected chi connectivity index (χ0v) is 9.93. The van der Waals surface area contributed by atoms with E-state index in [9.17, 15) is 17.6 Å². The maximum atomic E-state index is 13.3. The van der Waals surface area contributed by atoms with Crippen LogP contribution in [0.1, 0.15) is 5.56 Å². The lowest BCUT2D eigenvalue weighted by Gasteiger charge is -2.09. The zero-order chi connectivity index (χ0) is 14.0. The van der Waals surface area contributed by atoms with Crippen molar-refractivity contribution in [3.05, 3.63) is 47.1 Å². The summed E-state index contributed by atoms with van der Waals surface area (Å²) in [6.45, 7) is 0. The van der Waals surface area contributed by atoms with E-state index in [0.29, 0.717) is 0 Å². The minimum atomic E-state index is -4.41. The van der Waals surface area contributed by atoms with Gasteiger partial charge in [-0.15, -0.1) is 0 Å². The van der Waals surface area contributed by atoms with Gasteiger partial charge in [0.2, 0.25) is 5.28 Å². The number of hydrogen-bond acceptors (Lipinski definition) is 3. The minimum absolute atomic E-state index is 0.171. The number of hydrogen-bond donors (Lipinski definition) is 1. The summed E-state index contributed by atoms with van der Waals surface area (Å²) >= 11 is 5.49. The molecule has 0 fully saturated rings. The number of nitrogens with zero attached hydrogens (tertiary/aromatic N) is 2. The molecule has 1 N–H and O–H groups in total. The Morgan fingerprint density at radius 2 is 1.74 bits per heavy atom. The molecule has 1 aromatic heterocycles. The lowest BCUT2D eigenvalue weighted by Crippen LogP contribution is -2.05. The van der Waals surface area contributed by atoms with Crippen molar-refractivity contribution in [3.8, 4) is 0 Å². The monoisotopic (exact) mass is 291 g/mol. The molecule has 0 aliphatic heterocycles. The second kappa shape index (κ2) is 5.00. The summed E-state index contributed by atoms with van der Waals surface area (Å²) in [7, 11) is 0. The molecule has 0 aliphatic carbocycles. The summed E-state index contributed by atoms with van der Waals surface area (Å²) in [5.74, 6) is -0.968. The Bertz CT molecular complexity index is 583. The summed E-state index contributed by atoms with van der Waals surface area (Å²) in [6, 6.07) is 4.09. The highest BCUT2D eigenvalue weighted by Crippen LogP contribution is 2.30.